The standard InChI is InChI=1S/C12H12F3NO2/c1-2-5-11(17)16-8-9-6-3-4-7-10(9)18-12(13,14)15/h2-7H,8H2,1H3,(H,16,17). The monoisotopic (exact) mass is 259 g/mol. The van der Waals surface area contributed by atoms with Crippen LogP contribution in [-0.4, -0.2) is 12.3 Å². The maximum absolute atomic E-state index is 12.1. The van der Waals surface area contributed by atoms with E-state index in [9.17, 15) is 18.0 Å². The van der Waals surface area contributed by atoms with Crippen LogP contribution in [0, 0.1) is 0 Å². The van der Waals surface area contributed by atoms with E-state index in [0.717, 1.165) is 0 Å². The van der Waals surface area contributed by atoms with Crippen LogP contribution in [0.15, 0.2) is 36.4 Å². The van der Waals surface area contributed by atoms with Crippen LogP contribution in [0.5, 0.6) is 5.75 Å². The predicted octanol–water partition coefficient (Wildman–Crippen LogP) is 2.78. The molecule has 0 aliphatic carbocycles. The third kappa shape index (κ3) is 4.90. The zero-order chi connectivity index (χ0) is 13.6. The lowest BCUT2D eigenvalue weighted by atomic mass is 10.2. The molecule has 0 aromatic heterocycles. The predicted molar refractivity (Wildman–Crippen MR) is 59.8 cm³/mol. The number of hydrogen-bond donors (Lipinski definition) is 1. The van der Waals surface area contributed by atoms with Gasteiger partial charge in [0, 0.05) is 12.1 Å². The Morgan fingerprint density at radius 1 is 1.39 bits per heavy atom. The Hall–Kier alpha value is -1.98. The van der Waals surface area contributed by atoms with Crippen molar-refractivity contribution in [2.75, 3.05) is 0 Å². The van der Waals surface area contributed by atoms with E-state index in [1.807, 2.05) is 0 Å². The molecular formula is C12H12F3NO2. The first kappa shape index (κ1) is 14.1. The Balaban J connectivity index is 2.73. The number of halogens is 3. The van der Waals surface area contributed by atoms with Gasteiger partial charge in [-0.25, -0.2) is 0 Å². The van der Waals surface area contributed by atoms with Crippen molar-refractivity contribution < 1.29 is 22.7 Å². The summed E-state index contributed by atoms with van der Waals surface area (Å²) in [7, 11) is 0. The van der Waals surface area contributed by atoms with E-state index in [1.165, 1.54) is 30.4 Å². The molecule has 18 heavy (non-hydrogen) atoms. The van der Waals surface area contributed by atoms with Gasteiger partial charge in [0.2, 0.25) is 5.91 Å². The van der Waals surface area contributed by atoms with Crippen molar-refractivity contribution in [1.29, 1.82) is 0 Å². The van der Waals surface area contributed by atoms with Gasteiger partial charge in [-0.3, -0.25) is 4.79 Å². The van der Waals surface area contributed by atoms with Crippen LogP contribution >= 0.6 is 0 Å². The van der Waals surface area contributed by atoms with E-state index in [2.05, 4.69) is 10.1 Å². The number of allylic oxidation sites excluding steroid dienone is 1. The number of amides is 1. The summed E-state index contributed by atoms with van der Waals surface area (Å²) >= 11 is 0. The number of nitrogens with one attached hydrogen (secondary N) is 1. The van der Waals surface area contributed by atoms with Gasteiger partial charge in [0.1, 0.15) is 5.75 Å². The Morgan fingerprint density at radius 2 is 2.06 bits per heavy atom. The molecule has 0 saturated heterocycles. The van der Waals surface area contributed by atoms with Gasteiger partial charge in [-0.15, -0.1) is 13.2 Å². The minimum atomic E-state index is -4.75. The molecule has 0 atom stereocenters. The molecule has 1 aromatic carbocycles. The topological polar surface area (TPSA) is 38.3 Å². The summed E-state index contributed by atoms with van der Waals surface area (Å²) < 4.78 is 40.2. The summed E-state index contributed by atoms with van der Waals surface area (Å²) in [6, 6.07) is 5.65. The van der Waals surface area contributed by atoms with E-state index in [4.69, 9.17) is 0 Å². The van der Waals surface area contributed by atoms with Crippen molar-refractivity contribution in [3.63, 3.8) is 0 Å². The number of benzene rings is 1. The third-order valence-corrected chi connectivity index (χ3v) is 1.97. The average molecular weight is 259 g/mol. The molecule has 0 aliphatic rings. The van der Waals surface area contributed by atoms with Crippen molar-refractivity contribution in [3.8, 4) is 5.75 Å². The van der Waals surface area contributed by atoms with Crippen LogP contribution in [0.1, 0.15) is 12.5 Å². The molecule has 1 amide bonds. The zero-order valence-corrected chi connectivity index (χ0v) is 9.62. The second-order valence-electron chi connectivity index (χ2n) is 3.37. The van der Waals surface area contributed by atoms with Crippen LogP contribution in [-0.2, 0) is 11.3 Å². The van der Waals surface area contributed by atoms with E-state index in [0.29, 0.717) is 0 Å². The highest BCUT2D eigenvalue weighted by Crippen LogP contribution is 2.25. The lowest BCUT2D eigenvalue weighted by molar-refractivity contribution is -0.274. The minimum Gasteiger partial charge on any atom is -0.405 e. The summed E-state index contributed by atoms with van der Waals surface area (Å²) in [6.45, 7) is 1.63. The van der Waals surface area contributed by atoms with Crippen LogP contribution in [0.3, 0.4) is 0 Å². The van der Waals surface area contributed by atoms with Gasteiger partial charge in [0.15, 0.2) is 0 Å². The van der Waals surface area contributed by atoms with Crippen LogP contribution in [0.25, 0.3) is 0 Å². The molecule has 0 bridgehead atoms. The van der Waals surface area contributed by atoms with Gasteiger partial charge in [-0.05, 0) is 19.1 Å². The Bertz CT molecular complexity index is 441. The van der Waals surface area contributed by atoms with Gasteiger partial charge in [-0.2, -0.15) is 0 Å². The molecule has 6 heteroatoms. The Labute approximate surface area is 102 Å². The van der Waals surface area contributed by atoms with Gasteiger partial charge in [0.25, 0.3) is 0 Å². The van der Waals surface area contributed by atoms with E-state index < -0.39 is 6.36 Å². The summed E-state index contributed by atoms with van der Waals surface area (Å²) in [4.78, 5) is 11.2. The van der Waals surface area contributed by atoms with Crippen molar-refractivity contribution in [2.45, 2.75) is 19.8 Å². The largest absolute Gasteiger partial charge is 0.573 e. The number of para-hydroxylation sites is 1. The number of carbonyl (C=O) groups is 1. The van der Waals surface area contributed by atoms with Gasteiger partial charge < -0.3 is 10.1 Å². The quantitative estimate of drug-likeness (QED) is 0.844. The van der Waals surface area contributed by atoms with E-state index >= 15 is 0 Å². The number of rotatable bonds is 4. The summed E-state index contributed by atoms with van der Waals surface area (Å²) in [5.41, 5.74) is 0.257. The number of ether oxygens (including phenoxy) is 1. The zero-order valence-electron chi connectivity index (χ0n) is 9.62. The van der Waals surface area contributed by atoms with Crippen LogP contribution in [0.2, 0.25) is 0 Å². The van der Waals surface area contributed by atoms with Gasteiger partial charge in [0.05, 0.1) is 0 Å². The summed E-state index contributed by atoms with van der Waals surface area (Å²) in [5, 5.41) is 2.45. The molecule has 0 unspecified atom stereocenters. The van der Waals surface area contributed by atoms with Crippen molar-refractivity contribution in [2.24, 2.45) is 0 Å². The molecule has 3 nitrogen and oxygen atoms in total. The summed E-state index contributed by atoms with van der Waals surface area (Å²) in [6.07, 6.45) is -1.93. The highest BCUT2D eigenvalue weighted by atomic mass is 19.4. The fourth-order valence-corrected chi connectivity index (χ4v) is 1.27. The van der Waals surface area contributed by atoms with Crippen molar-refractivity contribution >= 4 is 5.91 Å². The maximum Gasteiger partial charge on any atom is 0.573 e. The summed E-state index contributed by atoms with van der Waals surface area (Å²) in [5.74, 6) is -0.690. The Kier molecular flexibility index (Phi) is 4.76. The number of hydrogen-bond acceptors (Lipinski definition) is 2. The SMILES string of the molecule is CC=CC(=O)NCc1ccccc1OC(F)(F)F. The second kappa shape index (κ2) is 6.09. The van der Waals surface area contributed by atoms with Crippen molar-refractivity contribution in [3.05, 3.63) is 42.0 Å². The fourth-order valence-electron chi connectivity index (χ4n) is 1.27. The van der Waals surface area contributed by atoms with Crippen LogP contribution < -0.4 is 10.1 Å². The molecule has 1 rings (SSSR count). The molecule has 0 spiro atoms. The van der Waals surface area contributed by atoms with Crippen LogP contribution in [0.4, 0.5) is 13.2 Å². The molecule has 0 radical (unpaired) electrons. The van der Waals surface area contributed by atoms with Gasteiger partial charge >= 0.3 is 6.36 Å². The highest BCUT2D eigenvalue weighted by Gasteiger charge is 2.31. The molecule has 1 N–H and O–H groups in total. The lowest BCUT2D eigenvalue weighted by Gasteiger charge is -2.13. The molecule has 0 fully saturated rings. The first-order valence-electron chi connectivity index (χ1n) is 5.16. The van der Waals surface area contributed by atoms with Crippen molar-refractivity contribution in [1.82, 2.24) is 5.32 Å². The molecular weight excluding hydrogens is 247 g/mol. The number of carbonyl (C=O) groups excluding carboxylic acids is 1. The molecule has 0 saturated carbocycles. The lowest BCUT2D eigenvalue weighted by Crippen LogP contribution is -2.22. The molecule has 1 aromatic rings. The van der Waals surface area contributed by atoms with Gasteiger partial charge in [-0.1, -0.05) is 24.3 Å². The van der Waals surface area contributed by atoms with E-state index in [1.54, 1.807) is 13.0 Å². The maximum atomic E-state index is 12.1. The normalized spacial score (nSPS) is 11.6. The Morgan fingerprint density at radius 3 is 2.67 bits per heavy atom. The third-order valence-electron chi connectivity index (χ3n) is 1.97. The minimum absolute atomic E-state index is 0.0323. The smallest absolute Gasteiger partial charge is 0.405 e. The number of alkyl halides is 3. The molecule has 0 aliphatic heterocycles. The average Bonchev–Trinajstić information content (AvgIpc) is 2.26. The first-order chi connectivity index (χ1) is 8.42. The highest BCUT2D eigenvalue weighted by molar-refractivity contribution is 5.87. The second-order valence-corrected chi connectivity index (χ2v) is 3.37. The van der Waals surface area contributed by atoms with E-state index in [-0.39, 0.29) is 23.8 Å². The molecule has 0 heterocycles. The molecule has 98 valence electrons. The fraction of sp³-hybridized carbons (Fsp3) is 0.250. The first-order valence-corrected chi connectivity index (χ1v) is 5.16.